The van der Waals surface area contributed by atoms with Crippen molar-refractivity contribution in [3.63, 3.8) is 0 Å². The van der Waals surface area contributed by atoms with Gasteiger partial charge in [-0.3, -0.25) is 14.7 Å². The van der Waals surface area contributed by atoms with Gasteiger partial charge in [0.2, 0.25) is 5.91 Å². The molecule has 0 radical (unpaired) electrons. The third-order valence-corrected chi connectivity index (χ3v) is 9.36. The monoisotopic (exact) mass is 562 g/mol. The number of anilines is 1. The first-order chi connectivity index (χ1) is 19.5. The van der Waals surface area contributed by atoms with Crippen molar-refractivity contribution in [2.24, 2.45) is 16.9 Å². The number of aromatic nitrogens is 2. The number of carbonyl (C=O) groups is 2. The topological polar surface area (TPSA) is 152 Å². The first-order valence-electron chi connectivity index (χ1n) is 14.9. The Morgan fingerprint density at radius 2 is 1.71 bits per heavy atom. The molecule has 41 heavy (non-hydrogen) atoms. The molecule has 1 atom stereocenters. The lowest BCUT2D eigenvalue weighted by molar-refractivity contribution is -0.137. The molecule has 1 saturated heterocycles. The Labute approximate surface area is 240 Å². The van der Waals surface area contributed by atoms with Gasteiger partial charge in [0.05, 0.1) is 11.2 Å². The minimum absolute atomic E-state index is 0.136. The maximum Gasteiger partial charge on any atom is 0.354 e. The summed E-state index contributed by atoms with van der Waals surface area (Å²) in [6.45, 7) is 4.94. The Kier molecular flexibility index (Phi) is 7.15. The fourth-order valence-corrected chi connectivity index (χ4v) is 7.23. The quantitative estimate of drug-likeness (QED) is 0.430. The van der Waals surface area contributed by atoms with Gasteiger partial charge in [-0.2, -0.15) is 4.98 Å². The third kappa shape index (κ3) is 5.75. The molecule has 1 aromatic heterocycles. The molecule has 6 rings (SSSR count). The van der Waals surface area contributed by atoms with Crippen LogP contribution < -0.4 is 27.8 Å². The van der Waals surface area contributed by atoms with E-state index in [1.54, 1.807) is 35.9 Å². The first kappa shape index (κ1) is 27.9. The molecule has 4 aliphatic rings. The van der Waals surface area contributed by atoms with Crippen LogP contribution in [-0.4, -0.2) is 81.1 Å². The van der Waals surface area contributed by atoms with Gasteiger partial charge >= 0.3 is 11.7 Å². The molecule has 0 bridgehead atoms. The predicted molar refractivity (Wildman–Crippen MR) is 157 cm³/mol. The third-order valence-electron chi connectivity index (χ3n) is 9.36. The zero-order valence-electron chi connectivity index (χ0n) is 24.1. The summed E-state index contributed by atoms with van der Waals surface area (Å²) in [5, 5.41) is 6.60. The highest BCUT2D eigenvalue weighted by Gasteiger charge is 2.51. The number of benzene rings is 1. The van der Waals surface area contributed by atoms with Crippen LogP contribution in [0.25, 0.3) is 5.69 Å². The second-order valence-electron chi connectivity index (χ2n) is 13.2. The molecule has 1 aliphatic heterocycles. The molecule has 2 aromatic rings. The number of hydrogen-bond donors (Lipinski definition) is 4. The fraction of sp³-hybridized carbons (Fsp3) is 0.600. The summed E-state index contributed by atoms with van der Waals surface area (Å²) in [6, 6.07) is 9.00. The van der Waals surface area contributed by atoms with E-state index < -0.39 is 11.2 Å². The number of nitrogens with two attached hydrogens (primary N) is 2. The Bertz CT molecular complexity index is 1380. The fourth-order valence-electron chi connectivity index (χ4n) is 7.23. The van der Waals surface area contributed by atoms with Crippen LogP contribution in [0.5, 0.6) is 0 Å². The second-order valence-corrected chi connectivity index (χ2v) is 13.2. The van der Waals surface area contributed by atoms with Crippen LogP contribution in [-0.2, 0) is 17.6 Å². The summed E-state index contributed by atoms with van der Waals surface area (Å²) < 4.78 is 1.51. The molecule has 2 heterocycles. The van der Waals surface area contributed by atoms with E-state index in [1.807, 2.05) is 6.07 Å². The van der Waals surface area contributed by atoms with Crippen molar-refractivity contribution >= 4 is 17.8 Å². The SMILES string of the molecule is CC(C)(N)C(=O)N1CCN(C(=O)Nc2ccn(-c3ccc4c(c3)CCC(NC3CC5(CC(N)C5)C3)C4)c(=O)n2)CC1. The van der Waals surface area contributed by atoms with Crippen molar-refractivity contribution < 1.29 is 9.59 Å². The van der Waals surface area contributed by atoms with Crippen LogP contribution in [0.3, 0.4) is 0 Å². The highest BCUT2D eigenvalue weighted by atomic mass is 16.2. The minimum atomic E-state index is -0.944. The summed E-state index contributed by atoms with van der Waals surface area (Å²) in [6.07, 6.45) is 9.63. The van der Waals surface area contributed by atoms with E-state index in [4.69, 9.17) is 11.5 Å². The average molecular weight is 563 g/mol. The molecule has 1 aromatic carbocycles. The minimum Gasteiger partial charge on any atom is -0.338 e. The molecule has 11 heteroatoms. The number of hydrogen-bond acceptors (Lipinski definition) is 7. The van der Waals surface area contributed by atoms with Crippen molar-refractivity contribution in [2.45, 2.75) is 82.5 Å². The smallest absolute Gasteiger partial charge is 0.338 e. The Morgan fingerprint density at radius 1 is 1.00 bits per heavy atom. The normalized spacial score (nSPS) is 27.6. The summed E-state index contributed by atoms with van der Waals surface area (Å²) in [5.74, 6) is 0.0641. The number of aryl methyl sites for hydroxylation is 1. The lowest BCUT2D eigenvalue weighted by Gasteiger charge is -2.57. The van der Waals surface area contributed by atoms with Crippen LogP contribution >= 0.6 is 0 Å². The lowest BCUT2D eigenvalue weighted by Crippen LogP contribution is -2.60. The summed E-state index contributed by atoms with van der Waals surface area (Å²) >= 11 is 0. The molecule has 6 N–H and O–H groups in total. The van der Waals surface area contributed by atoms with E-state index in [1.165, 1.54) is 41.4 Å². The molecule has 1 unspecified atom stereocenters. The number of carbonyl (C=O) groups excluding carboxylic acids is 2. The van der Waals surface area contributed by atoms with Gasteiger partial charge in [0.1, 0.15) is 5.82 Å². The number of amides is 3. The zero-order valence-corrected chi connectivity index (χ0v) is 24.1. The van der Waals surface area contributed by atoms with Crippen LogP contribution in [0.1, 0.15) is 57.1 Å². The van der Waals surface area contributed by atoms with Crippen molar-refractivity contribution in [1.29, 1.82) is 0 Å². The van der Waals surface area contributed by atoms with E-state index in [2.05, 4.69) is 27.8 Å². The molecule has 220 valence electrons. The van der Waals surface area contributed by atoms with Crippen LogP contribution in [0, 0.1) is 5.41 Å². The van der Waals surface area contributed by atoms with Gasteiger partial charge in [-0.25, -0.2) is 9.59 Å². The van der Waals surface area contributed by atoms with Crippen molar-refractivity contribution in [3.05, 3.63) is 52.1 Å². The Morgan fingerprint density at radius 3 is 2.37 bits per heavy atom. The summed E-state index contributed by atoms with van der Waals surface area (Å²) in [7, 11) is 0. The van der Waals surface area contributed by atoms with E-state index in [9.17, 15) is 14.4 Å². The van der Waals surface area contributed by atoms with Crippen LogP contribution in [0.15, 0.2) is 35.3 Å². The number of nitrogens with zero attached hydrogens (tertiary/aromatic N) is 4. The molecule has 3 aliphatic carbocycles. The highest BCUT2D eigenvalue weighted by molar-refractivity contribution is 5.89. The van der Waals surface area contributed by atoms with E-state index in [0.717, 1.165) is 24.9 Å². The Hall–Kier alpha value is -3.28. The number of urea groups is 1. The molecular weight excluding hydrogens is 520 g/mol. The number of nitrogens with one attached hydrogen (secondary N) is 2. The summed E-state index contributed by atoms with van der Waals surface area (Å²) in [5.41, 5.74) is 14.5. The van der Waals surface area contributed by atoms with E-state index in [-0.39, 0.29) is 17.8 Å². The van der Waals surface area contributed by atoms with Gasteiger partial charge in [-0.05, 0) is 93.5 Å². The van der Waals surface area contributed by atoms with Crippen molar-refractivity contribution in [1.82, 2.24) is 24.7 Å². The average Bonchev–Trinajstić information content (AvgIpc) is 2.90. The van der Waals surface area contributed by atoms with Gasteiger partial charge < -0.3 is 26.6 Å². The Balaban J connectivity index is 1.03. The van der Waals surface area contributed by atoms with Crippen LogP contribution in [0.4, 0.5) is 10.6 Å². The molecule has 3 amide bonds. The molecule has 3 fully saturated rings. The van der Waals surface area contributed by atoms with Gasteiger partial charge in [0.15, 0.2) is 0 Å². The highest BCUT2D eigenvalue weighted by Crippen LogP contribution is 2.55. The number of fused-ring (bicyclic) bond motifs is 1. The number of piperazine rings is 1. The molecule has 11 nitrogen and oxygen atoms in total. The summed E-state index contributed by atoms with van der Waals surface area (Å²) in [4.78, 5) is 45.5. The van der Waals surface area contributed by atoms with Gasteiger partial charge in [0.25, 0.3) is 0 Å². The van der Waals surface area contributed by atoms with Gasteiger partial charge in [-0.1, -0.05) is 6.07 Å². The molecule has 2 saturated carbocycles. The van der Waals surface area contributed by atoms with Crippen molar-refractivity contribution in [2.75, 3.05) is 31.5 Å². The van der Waals surface area contributed by atoms with Gasteiger partial charge in [0, 0.05) is 50.5 Å². The standard InChI is InChI=1S/C30H42N8O3/c1-29(2,32)26(39)36-9-11-37(12-10-36)27(40)34-25-7-8-38(28(41)35-25)24-6-4-19-13-22(5-3-20(19)14-24)33-23-17-30(18-23)15-21(31)16-30/h4,6-8,14,21-23,33H,3,5,9-13,15-18,31-32H2,1-2H3,(H,34,35,40,41). The second kappa shape index (κ2) is 10.5. The number of rotatable bonds is 5. The van der Waals surface area contributed by atoms with E-state index >= 15 is 0 Å². The van der Waals surface area contributed by atoms with Gasteiger partial charge in [-0.15, -0.1) is 0 Å². The first-order valence-corrected chi connectivity index (χ1v) is 14.9. The maximum atomic E-state index is 12.9. The zero-order chi connectivity index (χ0) is 28.9. The largest absolute Gasteiger partial charge is 0.354 e. The molecular formula is C30H42N8O3. The van der Waals surface area contributed by atoms with Crippen molar-refractivity contribution in [3.8, 4) is 5.69 Å². The van der Waals surface area contributed by atoms with Crippen LogP contribution in [0.2, 0.25) is 0 Å². The predicted octanol–water partition coefficient (Wildman–Crippen LogP) is 1.36. The molecule has 1 spiro atoms. The van der Waals surface area contributed by atoms with E-state index in [0.29, 0.717) is 49.7 Å². The maximum absolute atomic E-state index is 12.9. The lowest BCUT2D eigenvalue weighted by atomic mass is 9.52.